The second kappa shape index (κ2) is 3.41. The summed E-state index contributed by atoms with van der Waals surface area (Å²) in [6.45, 7) is 0. The van der Waals surface area contributed by atoms with Gasteiger partial charge < -0.3 is 10.0 Å². The van der Waals surface area contributed by atoms with Crippen LogP contribution in [0, 0.1) is 0 Å². The summed E-state index contributed by atoms with van der Waals surface area (Å²) in [4.78, 5) is 21.9. The molecule has 58 valence electrons. The number of hydrogen-bond acceptors (Lipinski definition) is 2. The maximum atomic E-state index is 10.7. The van der Waals surface area contributed by atoms with E-state index in [0.29, 0.717) is 0 Å². The molecule has 1 amide bonds. The maximum Gasteiger partial charge on any atom is 0.331 e. The largest absolute Gasteiger partial charge is 0.480 e. The fourth-order valence-electron chi connectivity index (χ4n) is 0.332. The van der Waals surface area contributed by atoms with Gasteiger partial charge in [-0.2, -0.15) is 0 Å². The molecule has 0 radical (unpaired) electrons. The van der Waals surface area contributed by atoms with Crippen LogP contribution in [0.1, 0.15) is 0 Å². The lowest BCUT2D eigenvalue weighted by atomic mass is 10.4. The van der Waals surface area contributed by atoms with Gasteiger partial charge in [0.2, 0.25) is 5.38 Å². The molecule has 1 N–H and O–H groups in total. The Kier molecular flexibility index (Phi) is 3.15. The van der Waals surface area contributed by atoms with Crippen molar-refractivity contribution in [2.45, 2.75) is 5.38 Å². The average Bonchev–Trinajstić information content (AvgIpc) is 1.84. The molecule has 0 aliphatic heterocycles. The Hall–Kier alpha value is -0.770. The molecule has 0 aromatic heterocycles. The molecule has 0 aromatic rings. The zero-order chi connectivity index (χ0) is 8.31. The van der Waals surface area contributed by atoms with Gasteiger partial charge in [-0.05, 0) is 0 Å². The predicted molar refractivity (Wildman–Crippen MR) is 36.0 cm³/mol. The summed E-state index contributed by atoms with van der Waals surface area (Å²) in [7, 11) is 2.89. The second-order valence-electron chi connectivity index (χ2n) is 1.93. The van der Waals surface area contributed by atoms with Crippen LogP contribution in [0.4, 0.5) is 0 Å². The van der Waals surface area contributed by atoms with E-state index in [2.05, 4.69) is 0 Å². The Morgan fingerprint density at radius 1 is 1.50 bits per heavy atom. The van der Waals surface area contributed by atoms with Gasteiger partial charge in [0.05, 0.1) is 0 Å². The van der Waals surface area contributed by atoms with Crippen LogP contribution in [0.2, 0.25) is 0 Å². The summed E-state index contributed by atoms with van der Waals surface area (Å²) in [5.41, 5.74) is 0. The number of rotatable bonds is 2. The van der Waals surface area contributed by atoms with E-state index in [0.717, 1.165) is 4.90 Å². The first-order valence-corrected chi connectivity index (χ1v) is 2.98. The van der Waals surface area contributed by atoms with Crippen molar-refractivity contribution in [3.05, 3.63) is 0 Å². The van der Waals surface area contributed by atoms with E-state index in [4.69, 9.17) is 16.7 Å². The van der Waals surface area contributed by atoms with E-state index >= 15 is 0 Å². The Labute approximate surface area is 63.4 Å². The molecule has 0 fully saturated rings. The Morgan fingerprint density at radius 3 is 2.00 bits per heavy atom. The van der Waals surface area contributed by atoms with Crippen molar-refractivity contribution in [2.24, 2.45) is 0 Å². The Morgan fingerprint density at radius 2 is 1.90 bits per heavy atom. The number of carbonyl (C=O) groups excluding carboxylic acids is 1. The average molecular weight is 166 g/mol. The first kappa shape index (κ1) is 9.23. The number of amides is 1. The molecule has 0 spiro atoms. The summed E-state index contributed by atoms with van der Waals surface area (Å²) in [5, 5.41) is 6.76. The molecule has 0 saturated heterocycles. The minimum atomic E-state index is -1.46. The second-order valence-corrected chi connectivity index (χ2v) is 2.37. The highest BCUT2D eigenvalue weighted by molar-refractivity contribution is 6.40. The topological polar surface area (TPSA) is 57.6 Å². The van der Waals surface area contributed by atoms with Crippen LogP contribution < -0.4 is 0 Å². The van der Waals surface area contributed by atoms with Crippen LogP contribution in [0.3, 0.4) is 0 Å². The number of carbonyl (C=O) groups is 2. The molecular formula is C5H8ClNO3. The summed E-state index contributed by atoms with van der Waals surface area (Å²) >= 11 is 5.17. The van der Waals surface area contributed by atoms with Crippen molar-refractivity contribution in [1.82, 2.24) is 4.90 Å². The van der Waals surface area contributed by atoms with Gasteiger partial charge in [-0.1, -0.05) is 11.6 Å². The Balaban J connectivity index is 4.08. The van der Waals surface area contributed by atoms with Gasteiger partial charge >= 0.3 is 5.97 Å². The molecule has 0 heterocycles. The molecule has 0 aliphatic carbocycles. The third kappa shape index (κ3) is 2.23. The quantitative estimate of drug-likeness (QED) is 0.454. The molecule has 1 atom stereocenters. The fourth-order valence-corrected chi connectivity index (χ4v) is 0.527. The first-order valence-electron chi connectivity index (χ1n) is 2.55. The molecule has 5 heteroatoms. The van der Waals surface area contributed by atoms with E-state index < -0.39 is 17.3 Å². The van der Waals surface area contributed by atoms with Gasteiger partial charge in [0.1, 0.15) is 0 Å². The van der Waals surface area contributed by atoms with E-state index in [1.807, 2.05) is 0 Å². The molecule has 1 unspecified atom stereocenters. The van der Waals surface area contributed by atoms with Gasteiger partial charge in [-0.25, -0.2) is 0 Å². The summed E-state index contributed by atoms with van der Waals surface area (Å²) in [5.74, 6) is -1.94. The van der Waals surface area contributed by atoms with Gasteiger partial charge in [0, 0.05) is 14.1 Å². The highest BCUT2D eigenvalue weighted by Crippen LogP contribution is 1.98. The predicted octanol–water partition coefficient (Wildman–Crippen LogP) is -0.233. The van der Waals surface area contributed by atoms with E-state index in [9.17, 15) is 9.59 Å². The van der Waals surface area contributed by atoms with Gasteiger partial charge in [0.15, 0.2) is 0 Å². The Bertz CT molecular complexity index is 157. The smallest absolute Gasteiger partial charge is 0.331 e. The number of hydrogen-bond donors (Lipinski definition) is 1. The van der Waals surface area contributed by atoms with Crippen molar-refractivity contribution >= 4 is 23.5 Å². The van der Waals surface area contributed by atoms with Crippen molar-refractivity contribution in [2.75, 3.05) is 14.1 Å². The van der Waals surface area contributed by atoms with Crippen LogP contribution in [0.25, 0.3) is 0 Å². The summed E-state index contributed by atoms with van der Waals surface area (Å²) in [6, 6.07) is 0. The number of carboxylic acids is 1. The first-order chi connectivity index (χ1) is 4.46. The van der Waals surface area contributed by atoms with Crippen LogP contribution in [0.5, 0.6) is 0 Å². The molecular weight excluding hydrogens is 158 g/mol. The van der Waals surface area contributed by atoms with Gasteiger partial charge in [0.25, 0.3) is 5.91 Å². The number of aliphatic carboxylic acids is 1. The van der Waals surface area contributed by atoms with Crippen molar-refractivity contribution in [1.29, 1.82) is 0 Å². The lowest BCUT2D eigenvalue weighted by Crippen LogP contribution is -2.35. The number of halogens is 1. The molecule has 0 rings (SSSR count). The minimum Gasteiger partial charge on any atom is -0.480 e. The lowest BCUT2D eigenvalue weighted by molar-refractivity contribution is -0.142. The number of carboxylic acid groups (broad SMARTS) is 1. The maximum absolute atomic E-state index is 10.7. The van der Waals surface area contributed by atoms with Gasteiger partial charge in [-0.15, -0.1) is 0 Å². The summed E-state index contributed by atoms with van der Waals surface area (Å²) < 4.78 is 0. The molecule has 4 nitrogen and oxygen atoms in total. The van der Waals surface area contributed by atoms with E-state index in [1.165, 1.54) is 14.1 Å². The standard InChI is InChI=1S/C5H8ClNO3/c1-7(2)4(8)3(6)5(9)10/h3H,1-2H3,(H,9,10). The monoisotopic (exact) mass is 165 g/mol. The number of alkyl halides is 1. The lowest BCUT2D eigenvalue weighted by Gasteiger charge is -2.10. The van der Waals surface area contributed by atoms with Gasteiger partial charge in [-0.3, -0.25) is 9.59 Å². The third-order valence-corrected chi connectivity index (χ3v) is 1.25. The van der Waals surface area contributed by atoms with Crippen molar-refractivity contribution < 1.29 is 14.7 Å². The van der Waals surface area contributed by atoms with E-state index in [1.54, 1.807) is 0 Å². The van der Waals surface area contributed by atoms with Crippen LogP contribution >= 0.6 is 11.6 Å². The van der Waals surface area contributed by atoms with E-state index in [-0.39, 0.29) is 0 Å². The highest BCUT2D eigenvalue weighted by atomic mass is 35.5. The zero-order valence-corrected chi connectivity index (χ0v) is 6.42. The van der Waals surface area contributed by atoms with Crippen LogP contribution in [0.15, 0.2) is 0 Å². The molecule has 0 saturated carbocycles. The van der Waals surface area contributed by atoms with Crippen molar-refractivity contribution in [3.63, 3.8) is 0 Å². The van der Waals surface area contributed by atoms with Crippen molar-refractivity contribution in [3.8, 4) is 0 Å². The molecule has 0 bridgehead atoms. The SMILES string of the molecule is CN(C)C(=O)C(Cl)C(=O)O. The molecule has 10 heavy (non-hydrogen) atoms. The number of nitrogens with zero attached hydrogens (tertiary/aromatic N) is 1. The molecule has 0 aromatic carbocycles. The van der Waals surface area contributed by atoms with Crippen LogP contribution in [-0.4, -0.2) is 41.4 Å². The third-order valence-electron chi connectivity index (χ3n) is 0.874. The molecule has 0 aliphatic rings. The fraction of sp³-hybridized carbons (Fsp3) is 0.600. The zero-order valence-electron chi connectivity index (χ0n) is 5.67. The minimum absolute atomic E-state index is 0.617. The van der Waals surface area contributed by atoms with Crippen LogP contribution in [-0.2, 0) is 9.59 Å². The summed E-state index contributed by atoms with van der Waals surface area (Å²) in [6.07, 6.45) is 0. The normalized spacial score (nSPS) is 12.3. The highest BCUT2D eigenvalue weighted by Gasteiger charge is 2.24.